The first-order valence-corrected chi connectivity index (χ1v) is 12.7. The number of hydrogen-bond donors (Lipinski definition) is 0. The van der Waals surface area contributed by atoms with Crippen LogP contribution in [-0.2, 0) is 22.6 Å². The summed E-state index contributed by atoms with van der Waals surface area (Å²) >= 11 is 0. The number of nitrogens with zero attached hydrogens (tertiary/aromatic N) is 2. The third kappa shape index (κ3) is 5.85. The molecule has 0 bridgehead atoms. The molecule has 0 N–H and O–H groups in total. The molecule has 0 radical (unpaired) electrons. The fourth-order valence-electron chi connectivity index (χ4n) is 4.80. The number of fused-ring (bicyclic) bond motifs is 1. The van der Waals surface area contributed by atoms with Crippen molar-refractivity contribution in [1.82, 2.24) is 4.90 Å². The molecule has 0 aliphatic carbocycles. The summed E-state index contributed by atoms with van der Waals surface area (Å²) in [7, 11) is 3.11. The monoisotopic (exact) mass is 518 g/mol. The number of carbonyl (C=O) groups is 2. The zero-order valence-corrected chi connectivity index (χ0v) is 22.3. The molecule has 2 atom stereocenters. The molecule has 1 heterocycles. The standard InChI is InChI=1S/C30H34N2O6/c1-5-37-29(33)31(19-22-12-8-6-9-13-22)25-16-21(2)32(30(34)38-20-23-14-10-7-11-15-23)26-18-28(36-4)27(35-3)17-24(25)26/h6-15,17-18,21,25H,5,16,19-20H2,1-4H3. The highest BCUT2D eigenvalue weighted by molar-refractivity contribution is 5.91. The van der Waals surface area contributed by atoms with Crippen molar-refractivity contribution in [3.63, 3.8) is 0 Å². The first kappa shape index (κ1) is 26.9. The van der Waals surface area contributed by atoms with Crippen molar-refractivity contribution in [3.05, 3.63) is 89.5 Å². The summed E-state index contributed by atoms with van der Waals surface area (Å²) in [4.78, 5) is 30.0. The lowest BCUT2D eigenvalue weighted by Crippen LogP contribution is -2.47. The van der Waals surface area contributed by atoms with E-state index in [1.165, 1.54) is 0 Å². The van der Waals surface area contributed by atoms with Gasteiger partial charge in [-0.25, -0.2) is 9.59 Å². The Morgan fingerprint density at radius 1 is 0.895 bits per heavy atom. The zero-order chi connectivity index (χ0) is 27.1. The molecule has 38 heavy (non-hydrogen) atoms. The van der Waals surface area contributed by atoms with Gasteiger partial charge in [0.05, 0.1) is 32.6 Å². The fourth-order valence-corrected chi connectivity index (χ4v) is 4.80. The van der Waals surface area contributed by atoms with Crippen LogP contribution in [0, 0.1) is 0 Å². The molecular weight excluding hydrogens is 484 g/mol. The highest BCUT2D eigenvalue weighted by Crippen LogP contribution is 2.46. The van der Waals surface area contributed by atoms with E-state index in [0.29, 0.717) is 30.2 Å². The zero-order valence-electron chi connectivity index (χ0n) is 22.3. The molecule has 0 aromatic heterocycles. The number of carbonyl (C=O) groups excluding carboxylic acids is 2. The van der Waals surface area contributed by atoms with Gasteiger partial charge in [0.1, 0.15) is 6.61 Å². The van der Waals surface area contributed by atoms with Crippen molar-refractivity contribution in [2.45, 2.75) is 45.5 Å². The van der Waals surface area contributed by atoms with Crippen LogP contribution in [0.25, 0.3) is 0 Å². The van der Waals surface area contributed by atoms with Crippen LogP contribution in [0.5, 0.6) is 11.5 Å². The molecule has 3 aromatic rings. The molecule has 8 nitrogen and oxygen atoms in total. The normalized spacial score (nSPS) is 16.3. The predicted molar refractivity (Wildman–Crippen MR) is 144 cm³/mol. The molecule has 0 spiro atoms. The van der Waals surface area contributed by atoms with Crippen LogP contribution < -0.4 is 14.4 Å². The number of hydrogen-bond acceptors (Lipinski definition) is 6. The number of rotatable bonds is 8. The van der Waals surface area contributed by atoms with Crippen molar-refractivity contribution in [2.75, 3.05) is 25.7 Å². The summed E-state index contributed by atoms with van der Waals surface area (Å²) in [6.07, 6.45) is -0.414. The third-order valence-corrected chi connectivity index (χ3v) is 6.63. The second kappa shape index (κ2) is 12.4. The quantitative estimate of drug-likeness (QED) is 0.346. The Hall–Kier alpha value is -4.20. The van der Waals surface area contributed by atoms with Gasteiger partial charge in [-0.05, 0) is 37.5 Å². The number of amides is 2. The largest absolute Gasteiger partial charge is 0.493 e. The molecule has 2 amide bonds. The van der Waals surface area contributed by atoms with Crippen molar-refractivity contribution in [3.8, 4) is 11.5 Å². The SMILES string of the molecule is CCOC(=O)N(Cc1ccccc1)C1CC(C)N(C(=O)OCc2ccccc2)c2cc(OC)c(OC)cc21. The average Bonchev–Trinajstić information content (AvgIpc) is 2.94. The molecule has 8 heteroatoms. The smallest absolute Gasteiger partial charge is 0.414 e. The number of ether oxygens (including phenoxy) is 4. The van der Waals surface area contributed by atoms with Gasteiger partial charge < -0.3 is 18.9 Å². The maximum Gasteiger partial charge on any atom is 0.414 e. The van der Waals surface area contributed by atoms with Crippen LogP contribution in [0.3, 0.4) is 0 Å². The van der Waals surface area contributed by atoms with Gasteiger partial charge in [-0.1, -0.05) is 60.7 Å². The minimum Gasteiger partial charge on any atom is -0.493 e. The molecule has 2 unspecified atom stereocenters. The molecule has 0 fully saturated rings. The minimum atomic E-state index is -0.473. The third-order valence-electron chi connectivity index (χ3n) is 6.63. The van der Waals surface area contributed by atoms with Crippen LogP contribution in [0.4, 0.5) is 15.3 Å². The summed E-state index contributed by atoms with van der Waals surface area (Å²) in [6, 6.07) is 22.2. The van der Waals surface area contributed by atoms with Crippen LogP contribution in [0.1, 0.15) is 43.0 Å². The lowest BCUT2D eigenvalue weighted by molar-refractivity contribution is 0.0807. The lowest BCUT2D eigenvalue weighted by Gasteiger charge is -2.42. The van der Waals surface area contributed by atoms with E-state index in [2.05, 4.69) is 0 Å². The second-order valence-corrected chi connectivity index (χ2v) is 9.09. The molecule has 1 aliphatic heterocycles. The van der Waals surface area contributed by atoms with E-state index in [0.717, 1.165) is 16.7 Å². The molecule has 0 saturated carbocycles. The van der Waals surface area contributed by atoms with E-state index in [9.17, 15) is 9.59 Å². The van der Waals surface area contributed by atoms with Crippen molar-refractivity contribution >= 4 is 17.9 Å². The molecule has 1 aliphatic rings. The van der Waals surface area contributed by atoms with Crippen molar-refractivity contribution in [2.24, 2.45) is 0 Å². The van der Waals surface area contributed by atoms with Crippen LogP contribution in [0.2, 0.25) is 0 Å². The summed E-state index contributed by atoms with van der Waals surface area (Å²) in [5, 5.41) is 0. The van der Waals surface area contributed by atoms with E-state index in [1.54, 1.807) is 37.0 Å². The topological polar surface area (TPSA) is 77.5 Å². The Labute approximate surface area is 223 Å². The van der Waals surface area contributed by atoms with Crippen molar-refractivity contribution in [1.29, 1.82) is 0 Å². The molecule has 0 saturated heterocycles. The van der Waals surface area contributed by atoms with E-state index < -0.39 is 12.2 Å². The lowest BCUT2D eigenvalue weighted by atomic mass is 9.90. The van der Waals surface area contributed by atoms with Crippen molar-refractivity contribution < 1.29 is 28.5 Å². The minimum absolute atomic E-state index is 0.151. The van der Waals surface area contributed by atoms with E-state index in [1.807, 2.05) is 73.7 Å². The summed E-state index contributed by atoms with van der Waals surface area (Å²) in [6.45, 7) is 4.49. The first-order valence-electron chi connectivity index (χ1n) is 12.7. The van der Waals surface area contributed by atoms with Crippen LogP contribution in [0.15, 0.2) is 72.8 Å². The Balaban J connectivity index is 1.74. The van der Waals surface area contributed by atoms with Gasteiger partial charge in [-0.2, -0.15) is 0 Å². The number of anilines is 1. The average molecular weight is 519 g/mol. The molecular formula is C30H34N2O6. The molecule has 200 valence electrons. The first-order chi connectivity index (χ1) is 18.5. The highest BCUT2D eigenvalue weighted by Gasteiger charge is 2.40. The van der Waals surface area contributed by atoms with E-state index in [-0.39, 0.29) is 25.3 Å². The van der Waals surface area contributed by atoms with Gasteiger partial charge >= 0.3 is 12.2 Å². The van der Waals surface area contributed by atoms with Gasteiger partial charge in [-0.15, -0.1) is 0 Å². The Morgan fingerprint density at radius 3 is 2.11 bits per heavy atom. The fraction of sp³-hybridized carbons (Fsp3) is 0.333. The molecule has 3 aromatic carbocycles. The maximum absolute atomic E-state index is 13.4. The predicted octanol–water partition coefficient (Wildman–Crippen LogP) is 6.34. The maximum atomic E-state index is 13.4. The van der Waals surface area contributed by atoms with Gasteiger partial charge in [0, 0.05) is 24.2 Å². The van der Waals surface area contributed by atoms with E-state index >= 15 is 0 Å². The van der Waals surface area contributed by atoms with Gasteiger partial charge in [-0.3, -0.25) is 9.80 Å². The van der Waals surface area contributed by atoms with Gasteiger partial charge in [0.25, 0.3) is 0 Å². The Bertz CT molecular complexity index is 1230. The van der Waals surface area contributed by atoms with Gasteiger partial charge in [0.15, 0.2) is 11.5 Å². The Kier molecular flexibility index (Phi) is 8.73. The molecule has 4 rings (SSSR count). The summed E-state index contributed by atoms with van der Waals surface area (Å²) in [5.41, 5.74) is 3.22. The van der Waals surface area contributed by atoms with Crippen LogP contribution >= 0.6 is 0 Å². The summed E-state index contributed by atoms with van der Waals surface area (Å²) in [5.74, 6) is 0.984. The number of methoxy groups -OCH3 is 2. The number of benzene rings is 3. The van der Waals surface area contributed by atoms with Gasteiger partial charge in [0.2, 0.25) is 0 Å². The second-order valence-electron chi connectivity index (χ2n) is 9.09. The highest BCUT2D eigenvalue weighted by atomic mass is 16.6. The van der Waals surface area contributed by atoms with E-state index in [4.69, 9.17) is 18.9 Å². The Morgan fingerprint density at radius 2 is 1.50 bits per heavy atom. The van der Waals surface area contributed by atoms with Crippen LogP contribution in [-0.4, -0.2) is 44.0 Å². The summed E-state index contributed by atoms with van der Waals surface area (Å²) < 4.78 is 22.3.